The van der Waals surface area contributed by atoms with Crippen LogP contribution in [0.5, 0.6) is 0 Å². The van der Waals surface area contributed by atoms with Crippen molar-refractivity contribution in [2.75, 3.05) is 0 Å². The lowest BCUT2D eigenvalue weighted by Gasteiger charge is -2.16. The lowest BCUT2D eigenvalue weighted by atomic mass is 10.1. The summed E-state index contributed by atoms with van der Waals surface area (Å²) in [5.41, 5.74) is 3.45. The van der Waals surface area contributed by atoms with Gasteiger partial charge in [0.1, 0.15) is 0 Å². The topological polar surface area (TPSA) is 43.1 Å². The highest BCUT2D eigenvalue weighted by Gasteiger charge is 2.15. The van der Waals surface area contributed by atoms with Gasteiger partial charge in [-0.15, -0.1) is 11.8 Å². The molecule has 0 N–H and O–H groups in total. The number of fused-ring (bicyclic) bond motifs is 1. The summed E-state index contributed by atoms with van der Waals surface area (Å²) in [6.45, 7) is 0. The van der Waals surface area contributed by atoms with Gasteiger partial charge in [0.15, 0.2) is 0 Å². The molecule has 0 atom stereocenters. The molecule has 4 heteroatoms. The van der Waals surface area contributed by atoms with Crippen molar-refractivity contribution in [3.05, 3.63) is 75.3 Å². The Morgan fingerprint density at radius 1 is 1.11 bits per heavy atom. The van der Waals surface area contributed by atoms with Crippen molar-refractivity contribution in [1.29, 1.82) is 0 Å². The third kappa shape index (κ3) is 2.39. The highest BCUT2D eigenvalue weighted by Crippen LogP contribution is 2.38. The van der Waals surface area contributed by atoms with Crippen LogP contribution in [0.15, 0.2) is 48.5 Å². The van der Waals surface area contributed by atoms with E-state index in [0.717, 1.165) is 16.9 Å². The van der Waals surface area contributed by atoms with E-state index in [-0.39, 0.29) is 10.6 Å². The van der Waals surface area contributed by atoms with Crippen LogP contribution < -0.4 is 0 Å². The summed E-state index contributed by atoms with van der Waals surface area (Å²) in [6, 6.07) is 15.2. The molecular weight excluding hydrogens is 258 g/mol. The number of nitro groups is 1. The summed E-state index contributed by atoms with van der Waals surface area (Å²) in [5.74, 6) is 0.776. The Morgan fingerprint density at radius 2 is 1.89 bits per heavy atom. The second kappa shape index (κ2) is 4.90. The molecule has 2 aromatic carbocycles. The second-order valence-corrected chi connectivity index (χ2v) is 5.32. The van der Waals surface area contributed by atoms with Crippen LogP contribution in [0.25, 0.3) is 11.0 Å². The van der Waals surface area contributed by atoms with E-state index in [1.807, 2.05) is 24.3 Å². The second-order valence-electron chi connectivity index (χ2n) is 4.30. The Bertz CT molecular complexity index is 665. The third-order valence-electron chi connectivity index (χ3n) is 3.07. The molecule has 94 valence electrons. The Kier molecular flexibility index (Phi) is 3.09. The van der Waals surface area contributed by atoms with Crippen LogP contribution >= 0.6 is 11.8 Å². The summed E-state index contributed by atoms with van der Waals surface area (Å²) in [4.78, 5) is 11.6. The normalized spacial score (nSPS) is 13.6. The molecule has 0 unspecified atom stereocenters. The van der Waals surface area contributed by atoms with E-state index in [9.17, 15) is 10.1 Å². The van der Waals surface area contributed by atoms with Crippen LogP contribution in [0, 0.1) is 10.1 Å². The van der Waals surface area contributed by atoms with Crippen molar-refractivity contribution in [3.8, 4) is 0 Å². The zero-order valence-corrected chi connectivity index (χ0v) is 10.9. The highest BCUT2D eigenvalue weighted by atomic mass is 32.2. The minimum atomic E-state index is -0.346. The molecule has 0 saturated heterocycles. The monoisotopic (exact) mass is 269 g/mol. The molecule has 1 heterocycles. The molecule has 3 rings (SSSR count). The first-order chi connectivity index (χ1) is 9.24. The van der Waals surface area contributed by atoms with E-state index < -0.39 is 0 Å². The van der Waals surface area contributed by atoms with Gasteiger partial charge in [-0.2, -0.15) is 0 Å². The smallest absolute Gasteiger partial charge is 0.258 e. The van der Waals surface area contributed by atoms with Gasteiger partial charge in [0.25, 0.3) is 5.69 Å². The molecule has 0 bridgehead atoms. The number of non-ortho nitro benzene ring substituents is 1. The molecule has 0 aromatic heterocycles. The molecule has 1 aliphatic rings. The van der Waals surface area contributed by atoms with E-state index in [2.05, 4.69) is 18.2 Å². The first-order valence-corrected chi connectivity index (χ1v) is 6.90. The van der Waals surface area contributed by atoms with Gasteiger partial charge in [0.2, 0.25) is 0 Å². The molecular formula is C15H11NO2S. The predicted molar refractivity (Wildman–Crippen MR) is 78.7 cm³/mol. The molecule has 2 aromatic rings. The van der Waals surface area contributed by atoms with Gasteiger partial charge in [0.05, 0.1) is 4.92 Å². The number of hydrogen-bond donors (Lipinski definition) is 0. The molecule has 0 radical (unpaired) electrons. The van der Waals surface area contributed by atoms with E-state index >= 15 is 0 Å². The fourth-order valence-corrected chi connectivity index (χ4v) is 3.15. The Labute approximate surface area is 115 Å². The fraction of sp³-hybridized carbons (Fsp3) is 0.0667. The van der Waals surface area contributed by atoms with Crippen molar-refractivity contribution >= 4 is 28.4 Å². The van der Waals surface area contributed by atoms with Crippen molar-refractivity contribution in [2.24, 2.45) is 0 Å². The lowest BCUT2D eigenvalue weighted by Crippen LogP contribution is -1.96. The molecule has 0 saturated carbocycles. The van der Waals surface area contributed by atoms with Crippen LogP contribution in [0.3, 0.4) is 0 Å². The Morgan fingerprint density at radius 3 is 2.63 bits per heavy atom. The van der Waals surface area contributed by atoms with Crippen molar-refractivity contribution in [3.63, 3.8) is 0 Å². The van der Waals surface area contributed by atoms with E-state index in [1.165, 1.54) is 10.5 Å². The predicted octanol–water partition coefficient (Wildman–Crippen LogP) is 4.34. The molecule has 0 spiro atoms. The molecule has 3 nitrogen and oxygen atoms in total. The first kappa shape index (κ1) is 12.0. The van der Waals surface area contributed by atoms with Crippen LogP contribution in [0.1, 0.15) is 16.7 Å². The molecule has 0 amide bonds. The highest BCUT2D eigenvalue weighted by molar-refractivity contribution is 8.07. The summed E-state index contributed by atoms with van der Waals surface area (Å²) in [6.07, 6.45) is 2.10. The summed E-state index contributed by atoms with van der Waals surface area (Å²) < 4.78 is 0. The van der Waals surface area contributed by atoms with Crippen molar-refractivity contribution < 1.29 is 4.92 Å². The Hall–Kier alpha value is -2.07. The molecule has 0 fully saturated rings. The van der Waals surface area contributed by atoms with Crippen molar-refractivity contribution in [1.82, 2.24) is 0 Å². The van der Waals surface area contributed by atoms with Crippen LogP contribution in [0.2, 0.25) is 0 Å². The van der Waals surface area contributed by atoms with Gasteiger partial charge in [-0.3, -0.25) is 10.1 Å². The van der Waals surface area contributed by atoms with Crippen LogP contribution in [0.4, 0.5) is 5.69 Å². The minimum Gasteiger partial charge on any atom is -0.258 e. The van der Waals surface area contributed by atoms with Gasteiger partial charge < -0.3 is 0 Å². The molecule has 0 aliphatic carbocycles. The van der Waals surface area contributed by atoms with E-state index in [1.54, 1.807) is 23.9 Å². The summed E-state index contributed by atoms with van der Waals surface area (Å²) in [7, 11) is 0. The number of nitro benzene ring substituents is 1. The van der Waals surface area contributed by atoms with Gasteiger partial charge in [0, 0.05) is 22.8 Å². The zero-order chi connectivity index (χ0) is 13.2. The number of thioether (sulfide) groups is 1. The molecule has 19 heavy (non-hydrogen) atoms. The maximum Gasteiger partial charge on any atom is 0.269 e. The average Bonchev–Trinajstić information content (AvgIpc) is 2.47. The Balaban J connectivity index is 2.00. The van der Waals surface area contributed by atoms with Gasteiger partial charge >= 0.3 is 0 Å². The van der Waals surface area contributed by atoms with E-state index in [4.69, 9.17) is 0 Å². The largest absolute Gasteiger partial charge is 0.269 e. The molecule has 1 aliphatic heterocycles. The lowest BCUT2D eigenvalue weighted by molar-refractivity contribution is -0.384. The minimum absolute atomic E-state index is 0.163. The SMILES string of the molecule is O=[N+]([O-])c1ccc2c(c1)CSC(c1ccccc1)=C2. The summed E-state index contributed by atoms with van der Waals surface area (Å²) in [5, 5.41) is 10.8. The van der Waals surface area contributed by atoms with Gasteiger partial charge in [-0.05, 0) is 28.8 Å². The fourth-order valence-electron chi connectivity index (χ4n) is 2.08. The van der Waals surface area contributed by atoms with Crippen LogP contribution in [-0.4, -0.2) is 4.92 Å². The number of nitrogens with zero attached hydrogens (tertiary/aromatic N) is 1. The van der Waals surface area contributed by atoms with Gasteiger partial charge in [-0.25, -0.2) is 0 Å². The standard InChI is InChI=1S/C15H11NO2S/c17-16(18)14-7-6-12-9-15(19-10-13(12)8-14)11-4-2-1-3-5-11/h1-9H,10H2. The van der Waals surface area contributed by atoms with E-state index in [0.29, 0.717) is 0 Å². The quantitative estimate of drug-likeness (QED) is 0.601. The average molecular weight is 269 g/mol. The number of rotatable bonds is 2. The van der Waals surface area contributed by atoms with Crippen LogP contribution in [-0.2, 0) is 5.75 Å². The zero-order valence-electron chi connectivity index (χ0n) is 10.1. The third-order valence-corrected chi connectivity index (χ3v) is 4.19. The maximum absolute atomic E-state index is 10.8. The van der Waals surface area contributed by atoms with Gasteiger partial charge in [-0.1, -0.05) is 30.3 Å². The number of benzene rings is 2. The summed E-state index contributed by atoms with van der Waals surface area (Å²) >= 11 is 1.72. The maximum atomic E-state index is 10.8. The first-order valence-electron chi connectivity index (χ1n) is 5.91. The number of hydrogen-bond acceptors (Lipinski definition) is 3. The van der Waals surface area contributed by atoms with Crippen molar-refractivity contribution in [2.45, 2.75) is 5.75 Å².